The molecule has 0 spiro atoms. The quantitative estimate of drug-likeness (QED) is 0.806. The maximum atomic E-state index is 12.1. The minimum Gasteiger partial charge on any atom is -0.347 e. The van der Waals surface area contributed by atoms with E-state index in [4.69, 9.17) is 0 Å². The molecule has 20 heavy (non-hydrogen) atoms. The van der Waals surface area contributed by atoms with Crippen molar-refractivity contribution in [3.63, 3.8) is 0 Å². The number of hydrogen-bond acceptors (Lipinski definition) is 5. The first-order valence-corrected chi connectivity index (χ1v) is 7.47. The number of hydrogen-bond donors (Lipinski definition) is 1. The summed E-state index contributed by atoms with van der Waals surface area (Å²) in [6, 6.07) is 0.531. The van der Waals surface area contributed by atoms with E-state index in [0.29, 0.717) is 18.3 Å². The predicted molar refractivity (Wildman–Crippen MR) is 74.1 cm³/mol. The molecule has 1 fully saturated rings. The molecule has 0 atom stereocenters. The Labute approximate surface area is 120 Å². The van der Waals surface area contributed by atoms with E-state index in [2.05, 4.69) is 24.7 Å². The number of nitrogens with zero attached hydrogens (tertiary/aromatic N) is 5. The molecule has 1 amide bonds. The van der Waals surface area contributed by atoms with Crippen LogP contribution < -0.4 is 0 Å². The van der Waals surface area contributed by atoms with Gasteiger partial charge in [-0.05, 0) is 12.8 Å². The van der Waals surface area contributed by atoms with Crippen molar-refractivity contribution in [1.29, 1.82) is 0 Å². The van der Waals surface area contributed by atoms with Gasteiger partial charge in [-0.25, -0.2) is 4.98 Å². The van der Waals surface area contributed by atoms with E-state index in [1.54, 1.807) is 30.7 Å². The minimum absolute atomic E-state index is 0.0525. The van der Waals surface area contributed by atoms with Crippen LogP contribution in [-0.2, 0) is 11.3 Å². The van der Waals surface area contributed by atoms with Gasteiger partial charge in [0.15, 0.2) is 5.16 Å². The lowest BCUT2D eigenvalue weighted by Gasteiger charge is -2.15. The standard InChI is InChI=1S/C12H16N6OS/c1-17(6-10-13-4-5-14-10)11(19)7-20-12-16-15-8-18(12)9-2-3-9/h4-5,8-9H,2-3,6-7H2,1H3,(H,13,14). The molecule has 1 aliphatic rings. The summed E-state index contributed by atoms with van der Waals surface area (Å²) in [7, 11) is 1.77. The Kier molecular flexibility index (Phi) is 3.72. The zero-order chi connectivity index (χ0) is 13.9. The molecule has 0 saturated heterocycles. The Hall–Kier alpha value is -1.83. The lowest BCUT2D eigenvalue weighted by Crippen LogP contribution is -2.28. The van der Waals surface area contributed by atoms with Crippen LogP contribution >= 0.6 is 11.8 Å². The molecule has 0 radical (unpaired) electrons. The van der Waals surface area contributed by atoms with E-state index >= 15 is 0 Å². The number of thioether (sulfide) groups is 1. The number of rotatable bonds is 6. The van der Waals surface area contributed by atoms with Gasteiger partial charge >= 0.3 is 0 Å². The van der Waals surface area contributed by atoms with Crippen LogP contribution in [0, 0.1) is 0 Å². The summed E-state index contributed by atoms with van der Waals surface area (Å²) in [5.41, 5.74) is 0. The average molecular weight is 292 g/mol. The van der Waals surface area contributed by atoms with E-state index in [1.807, 2.05) is 0 Å². The number of aromatic nitrogens is 5. The highest BCUT2D eigenvalue weighted by Gasteiger charge is 2.26. The molecule has 2 aromatic heterocycles. The number of nitrogens with one attached hydrogen (secondary N) is 1. The van der Waals surface area contributed by atoms with Gasteiger partial charge in [0.25, 0.3) is 0 Å². The molecule has 1 aliphatic carbocycles. The smallest absolute Gasteiger partial charge is 0.233 e. The summed E-state index contributed by atoms with van der Waals surface area (Å²) in [4.78, 5) is 20.8. The normalized spacial score (nSPS) is 14.4. The third kappa shape index (κ3) is 3.01. The molecule has 106 valence electrons. The zero-order valence-corrected chi connectivity index (χ0v) is 12.0. The molecule has 1 saturated carbocycles. The summed E-state index contributed by atoms with van der Waals surface area (Å²) < 4.78 is 2.06. The Morgan fingerprint density at radius 2 is 2.45 bits per heavy atom. The molecule has 0 aromatic carbocycles. The van der Waals surface area contributed by atoms with Gasteiger partial charge in [-0.1, -0.05) is 11.8 Å². The van der Waals surface area contributed by atoms with E-state index in [0.717, 1.165) is 11.0 Å². The monoisotopic (exact) mass is 292 g/mol. The number of amides is 1. The highest BCUT2D eigenvalue weighted by molar-refractivity contribution is 7.99. The summed E-state index contributed by atoms with van der Waals surface area (Å²) in [6.07, 6.45) is 7.54. The van der Waals surface area contributed by atoms with Gasteiger partial charge in [0.1, 0.15) is 12.2 Å². The largest absolute Gasteiger partial charge is 0.347 e. The minimum atomic E-state index is 0.0525. The fourth-order valence-electron chi connectivity index (χ4n) is 1.87. The van der Waals surface area contributed by atoms with Crippen LogP contribution in [0.25, 0.3) is 0 Å². The van der Waals surface area contributed by atoms with Gasteiger partial charge in [0, 0.05) is 25.5 Å². The van der Waals surface area contributed by atoms with Crippen molar-refractivity contribution in [1.82, 2.24) is 29.6 Å². The molecule has 2 aromatic rings. The number of aromatic amines is 1. The number of H-pyrrole nitrogens is 1. The molecular weight excluding hydrogens is 276 g/mol. The van der Waals surface area contributed by atoms with E-state index < -0.39 is 0 Å². The van der Waals surface area contributed by atoms with Crippen molar-refractivity contribution in [3.8, 4) is 0 Å². The van der Waals surface area contributed by atoms with Crippen LogP contribution in [0.4, 0.5) is 0 Å². The second kappa shape index (κ2) is 5.66. The van der Waals surface area contributed by atoms with Gasteiger partial charge in [-0.2, -0.15) is 0 Å². The van der Waals surface area contributed by atoms with Gasteiger partial charge < -0.3 is 14.5 Å². The van der Waals surface area contributed by atoms with Crippen LogP contribution in [0.3, 0.4) is 0 Å². The molecular formula is C12H16N6OS. The van der Waals surface area contributed by atoms with E-state index in [9.17, 15) is 4.79 Å². The highest BCUT2D eigenvalue weighted by atomic mass is 32.2. The summed E-state index contributed by atoms with van der Waals surface area (Å²) >= 11 is 1.44. The summed E-state index contributed by atoms with van der Waals surface area (Å²) in [5, 5.41) is 8.82. The molecule has 0 bridgehead atoms. The molecule has 7 nitrogen and oxygen atoms in total. The summed E-state index contributed by atoms with van der Waals surface area (Å²) in [6.45, 7) is 0.488. The number of imidazole rings is 1. The first-order valence-electron chi connectivity index (χ1n) is 6.48. The molecule has 1 N–H and O–H groups in total. The van der Waals surface area contributed by atoms with Gasteiger partial charge in [-0.15, -0.1) is 10.2 Å². The molecule has 0 aliphatic heterocycles. The van der Waals surface area contributed by atoms with E-state index in [-0.39, 0.29) is 5.91 Å². The van der Waals surface area contributed by atoms with Crippen molar-refractivity contribution in [2.24, 2.45) is 0 Å². The predicted octanol–water partition coefficient (Wildman–Crippen LogP) is 1.09. The molecule has 3 rings (SSSR count). The number of carbonyl (C=O) groups is 1. The van der Waals surface area contributed by atoms with Gasteiger partial charge in [0.2, 0.25) is 5.91 Å². The third-order valence-electron chi connectivity index (χ3n) is 3.17. The maximum Gasteiger partial charge on any atom is 0.233 e. The Morgan fingerprint density at radius 1 is 1.60 bits per heavy atom. The highest BCUT2D eigenvalue weighted by Crippen LogP contribution is 2.37. The second-order valence-corrected chi connectivity index (χ2v) is 5.77. The fraction of sp³-hybridized carbons (Fsp3) is 0.500. The Bertz CT molecular complexity index is 577. The van der Waals surface area contributed by atoms with Gasteiger partial charge in [-0.3, -0.25) is 4.79 Å². The van der Waals surface area contributed by atoms with Gasteiger partial charge in [0.05, 0.1) is 12.3 Å². The molecule has 0 unspecified atom stereocenters. The number of carbonyl (C=O) groups excluding carboxylic acids is 1. The first kappa shape index (κ1) is 13.2. The van der Waals surface area contributed by atoms with E-state index in [1.165, 1.54) is 24.6 Å². The first-order chi connectivity index (χ1) is 9.74. The maximum absolute atomic E-state index is 12.1. The average Bonchev–Trinajstić information content (AvgIpc) is 2.97. The molecule has 2 heterocycles. The van der Waals surface area contributed by atoms with Crippen molar-refractivity contribution < 1.29 is 4.79 Å². The topological polar surface area (TPSA) is 79.7 Å². The fourth-order valence-corrected chi connectivity index (χ4v) is 2.80. The summed E-state index contributed by atoms with van der Waals surface area (Å²) in [5.74, 6) is 1.20. The lowest BCUT2D eigenvalue weighted by molar-refractivity contribution is -0.127. The van der Waals surface area contributed by atoms with Crippen molar-refractivity contribution >= 4 is 17.7 Å². The van der Waals surface area contributed by atoms with Crippen LogP contribution in [0.15, 0.2) is 23.9 Å². The van der Waals surface area contributed by atoms with Crippen molar-refractivity contribution in [2.45, 2.75) is 30.6 Å². The third-order valence-corrected chi connectivity index (χ3v) is 4.11. The SMILES string of the molecule is CN(Cc1ncc[nH]1)C(=O)CSc1nncn1C1CC1. The van der Waals surface area contributed by atoms with Crippen molar-refractivity contribution in [2.75, 3.05) is 12.8 Å². The van der Waals surface area contributed by atoms with Crippen LogP contribution in [0.1, 0.15) is 24.7 Å². The van der Waals surface area contributed by atoms with Crippen LogP contribution in [-0.4, -0.2) is 48.3 Å². The van der Waals surface area contributed by atoms with Crippen molar-refractivity contribution in [3.05, 3.63) is 24.5 Å². The Morgan fingerprint density at radius 3 is 3.15 bits per heavy atom. The molecule has 8 heteroatoms. The lowest BCUT2D eigenvalue weighted by atomic mass is 10.5. The Balaban J connectivity index is 1.52. The van der Waals surface area contributed by atoms with Crippen LogP contribution in [0.2, 0.25) is 0 Å². The van der Waals surface area contributed by atoms with Crippen LogP contribution in [0.5, 0.6) is 0 Å². The zero-order valence-electron chi connectivity index (χ0n) is 11.2. The second-order valence-electron chi connectivity index (χ2n) is 4.83.